The van der Waals surface area contributed by atoms with Gasteiger partial charge >= 0.3 is 0 Å². The van der Waals surface area contributed by atoms with Crippen LogP contribution in [0, 0.1) is 0 Å². The smallest absolute Gasteiger partial charge is 0.251 e. The fraction of sp³-hybridized carbons (Fsp3) is 0.182. The number of carbonyl (C=O) groups excluding carboxylic acids is 1. The molecule has 0 aliphatic heterocycles. The minimum atomic E-state index is -0.104. The second kappa shape index (κ2) is 4.46. The molecule has 1 amide bonds. The number of hydrogen-bond acceptors (Lipinski definition) is 2. The van der Waals surface area contributed by atoms with Crippen molar-refractivity contribution in [3.8, 4) is 0 Å². The van der Waals surface area contributed by atoms with Gasteiger partial charge in [0.1, 0.15) is 0 Å². The minimum absolute atomic E-state index is 0.104. The zero-order valence-electron chi connectivity index (χ0n) is 8.21. The Kier molecular flexibility index (Phi) is 3.29. The van der Waals surface area contributed by atoms with Crippen molar-refractivity contribution in [3.63, 3.8) is 0 Å². The number of amides is 1. The maximum Gasteiger partial charge on any atom is 0.251 e. The molecular formula is C11H14N2O. The average molecular weight is 190 g/mol. The van der Waals surface area contributed by atoms with Crippen molar-refractivity contribution in [1.82, 2.24) is 5.32 Å². The molecule has 0 aliphatic rings. The molecule has 1 aromatic carbocycles. The topological polar surface area (TPSA) is 55.1 Å². The average Bonchev–Trinajstić information content (AvgIpc) is 2.15. The van der Waals surface area contributed by atoms with E-state index in [-0.39, 0.29) is 5.91 Å². The summed E-state index contributed by atoms with van der Waals surface area (Å²) in [4.78, 5) is 11.5. The van der Waals surface area contributed by atoms with Crippen LogP contribution < -0.4 is 11.1 Å². The summed E-state index contributed by atoms with van der Waals surface area (Å²) in [5.41, 5.74) is 7.69. The Hall–Kier alpha value is -1.77. The van der Waals surface area contributed by atoms with Crippen LogP contribution in [0.3, 0.4) is 0 Å². The summed E-state index contributed by atoms with van der Waals surface area (Å²) in [5, 5.41) is 2.74. The van der Waals surface area contributed by atoms with Gasteiger partial charge in [0.2, 0.25) is 0 Å². The standard InChI is InChI=1S/C11H14N2O/c1-8(2)7-13-11(14)9-3-5-10(12)6-4-9/h3-6H,1,7,12H2,2H3,(H,13,14). The Morgan fingerprint density at radius 2 is 2.00 bits per heavy atom. The number of carbonyl (C=O) groups is 1. The van der Waals surface area contributed by atoms with Gasteiger partial charge in [0.25, 0.3) is 5.91 Å². The van der Waals surface area contributed by atoms with Crippen LogP contribution in [0.5, 0.6) is 0 Å². The zero-order chi connectivity index (χ0) is 10.6. The third-order valence-corrected chi connectivity index (χ3v) is 1.72. The molecule has 0 radical (unpaired) electrons. The summed E-state index contributed by atoms with van der Waals surface area (Å²) in [6, 6.07) is 6.80. The Morgan fingerprint density at radius 1 is 1.43 bits per heavy atom. The molecule has 0 aromatic heterocycles. The van der Waals surface area contributed by atoms with Crippen LogP contribution in [0.2, 0.25) is 0 Å². The Balaban J connectivity index is 2.61. The van der Waals surface area contributed by atoms with Crippen molar-refractivity contribution in [2.45, 2.75) is 6.92 Å². The third kappa shape index (κ3) is 2.94. The highest BCUT2D eigenvalue weighted by Gasteiger charge is 2.03. The summed E-state index contributed by atoms with van der Waals surface area (Å²) >= 11 is 0. The van der Waals surface area contributed by atoms with Gasteiger partial charge in [-0.05, 0) is 31.2 Å². The van der Waals surface area contributed by atoms with Crippen molar-refractivity contribution in [2.24, 2.45) is 0 Å². The monoisotopic (exact) mass is 190 g/mol. The molecule has 0 saturated heterocycles. The van der Waals surface area contributed by atoms with E-state index < -0.39 is 0 Å². The fourth-order valence-electron chi connectivity index (χ4n) is 0.968. The van der Waals surface area contributed by atoms with Gasteiger partial charge < -0.3 is 11.1 Å². The van der Waals surface area contributed by atoms with E-state index in [4.69, 9.17) is 5.73 Å². The molecule has 0 heterocycles. The molecule has 0 spiro atoms. The summed E-state index contributed by atoms with van der Waals surface area (Å²) in [6.07, 6.45) is 0. The third-order valence-electron chi connectivity index (χ3n) is 1.72. The Labute approximate surface area is 83.6 Å². The highest BCUT2D eigenvalue weighted by atomic mass is 16.1. The lowest BCUT2D eigenvalue weighted by Gasteiger charge is -2.04. The van der Waals surface area contributed by atoms with Gasteiger partial charge in [-0.3, -0.25) is 4.79 Å². The number of nitrogens with one attached hydrogen (secondary N) is 1. The predicted octanol–water partition coefficient (Wildman–Crippen LogP) is 1.57. The number of nitrogens with two attached hydrogens (primary N) is 1. The SMILES string of the molecule is C=C(C)CNC(=O)c1ccc(N)cc1. The van der Waals surface area contributed by atoms with Crippen molar-refractivity contribution in [3.05, 3.63) is 42.0 Å². The number of anilines is 1. The molecule has 1 aromatic rings. The number of hydrogen-bond donors (Lipinski definition) is 2. The molecule has 0 fully saturated rings. The largest absolute Gasteiger partial charge is 0.399 e. The first-order chi connectivity index (χ1) is 6.59. The lowest BCUT2D eigenvalue weighted by molar-refractivity contribution is 0.0957. The van der Waals surface area contributed by atoms with E-state index in [9.17, 15) is 4.79 Å². The molecular weight excluding hydrogens is 176 g/mol. The molecule has 0 bridgehead atoms. The van der Waals surface area contributed by atoms with Gasteiger partial charge in [-0.2, -0.15) is 0 Å². The van der Waals surface area contributed by atoms with E-state index in [1.165, 1.54) is 0 Å². The van der Waals surface area contributed by atoms with E-state index in [1.807, 2.05) is 6.92 Å². The van der Waals surface area contributed by atoms with E-state index >= 15 is 0 Å². The molecule has 14 heavy (non-hydrogen) atoms. The first kappa shape index (κ1) is 10.3. The van der Waals surface area contributed by atoms with Gasteiger partial charge in [-0.15, -0.1) is 0 Å². The van der Waals surface area contributed by atoms with Gasteiger partial charge in [0.15, 0.2) is 0 Å². The van der Waals surface area contributed by atoms with Gasteiger partial charge in [-0.25, -0.2) is 0 Å². The molecule has 3 heteroatoms. The second-order valence-corrected chi connectivity index (χ2v) is 3.26. The second-order valence-electron chi connectivity index (χ2n) is 3.26. The van der Waals surface area contributed by atoms with Crippen LogP contribution in [0.1, 0.15) is 17.3 Å². The lowest BCUT2D eigenvalue weighted by Crippen LogP contribution is -2.24. The van der Waals surface area contributed by atoms with Gasteiger partial charge in [0.05, 0.1) is 0 Å². The van der Waals surface area contributed by atoms with Gasteiger partial charge in [-0.1, -0.05) is 12.2 Å². The zero-order valence-corrected chi connectivity index (χ0v) is 8.21. The molecule has 0 atom stereocenters. The Bertz CT molecular complexity index is 341. The number of benzene rings is 1. The first-order valence-corrected chi connectivity index (χ1v) is 4.37. The maximum atomic E-state index is 11.5. The van der Waals surface area contributed by atoms with Crippen LogP contribution in [0.15, 0.2) is 36.4 Å². The van der Waals surface area contributed by atoms with Crippen molar-refractivity contribution in [2.75, 3.05) is 12.3 Å². The summed E-state index contributed by atoms with van der Waals surface area (Å²) in [5.74, 6) is -0.104. The summed E-state index contributed by atoms with van der Waals surface area (Å²) < 4.78 is 0. The maximum absolute atomic E-state index is 11.5. The van der Waals surface area contributed by atoms with Crippen LogP contribution in [-0.4, -0.2) is 12.5 Å². The van der Waals surface area contributed by atoms with Crippen LogP contribution in [0.4, 0.5) is 5.69 Å². The lowest BCUT2D eigenvalue weighted by atomic mass is 10.2. The van der Waals surface area contributed by atoms with E-state index in [0.29, 0.717) is 17.8 Å². The molecule has 0 saturated carbocycles. The van der Waals surface area contributed by atoms with Crippen molar-refractivity contribution >= 4 is 11.6 Å². The molecule has 0 unspecified atom stereocenters. The highest BCUT2D eigenvalue weighted by molar-refractivity contribution is 5.94. The minimum Gasteiger partial charge on any atom is -0.399 e. The van der Waals surface area contributed by atoms with Crippen LogP contribution in [0.25, 0.3) is 0 Å². The quantitative estimate of drug-likeness (QED) is 0.561. The van der Waals surface area contributed by atoms with E-state index in [0.717, 1.165) is 5.57 Å². The number of rotatable bonds is 3. The molecule has 3 N–H and O–H groups in total. The van der Waals surface area contributed by atoms with E-state index in [1.54, 1.807) is 24.3 Å². The summed E-state index contributed by atoms with van der Waals surface area (Å²) in [7, 11) is 0. The van der Waals surface area contributed by atoms with Crippen LogP contribution in [-0.2, 0) is 0 Å². The van der Waals surface area contributed by atoms with E-state index in [2.05, 4.69) is 11.9 Å². The number of nitrogen functional groups attached to an aromatic ring is 1. The normalized spacial score (nSPS) is 9.50. The molecule has 74 valence electrons. The molecule has 0 aliphatic carbocycles. The Morgan fingerprint density at radius 3 is 2.50 bits per heavy atom. The van der Waals surface area contributed by atoms with Crippen LogP contribution >= 0.6 is 0 Å². The molecule has 3 nitrogen and oxygen atoms in total. The van der Waals surface area contributed by atoms with Gasteiger partial charge in [0, 0.05) is 17.8 Å². The predicted molar refractivity (Wildman–Crippen MR) is 58.0 cm³/mol. The highest BCUT2D eigenvalue weighted by Crippen LogP contribution is 2.04. The summed E-state index contributed by atoms with van der Waals surface area (Å²) in [6.45, 7) is 6.07. The van der Waals surface area contributed by atoms with Crippen molar-refractivity contribution < 1.29 is 4.79 Å². The van der Waals surface area contributed by atoms with Crippen molar-refractivity contribution in [1.29, 1.82) is 0 Å². The first-order valence-electron chi connectivity index (χ1n) is 4.37. The fourth-order valence-corrected chi connectivity index (χ4v) is 0.968. The molecule has 1 rings (SSSR count).